The zero-order chi connectivity index (χ0) is 12.4. The number of piperidine rings is 1. The van der Waals surface area contributed by atoms with Gasteiger partial charge in [-0.05, 0) is 62.4 Å². The molecule has 0 spiro atoms. The number of hydrogen-bond donors (Lipinski definition) is 1. The van der Waals surface area contributed by atoms with E-state index in [0.29, 0.717) is 5.92 Å². The monoisotopic (exact) mass is 265 g/mol. The maximum atomic E-state index is 6.24. The molecule has 1 aromatic rings. The van der Waals surface area contributed by atoms with Gasteiger partial charge in [0.25, 0.3) is 0 Å². The molecule has 2 heterocycles. The molecule has 2 aliphatic rings. The van der Waals surface area contributed by atoms with Crippen molar-refractivity contribution in [3.05, 3.63) is 34.9 Å². The molecule has 0 aromatic heterocycles. The van der Waals surface area contributed by atoms with Crippen molar-refractivity contribution in [3.8, 4) is 0 Å². The van der Waals surface area contributed by atoms with Gasteiger partial charge in [-0.2, -0.15) is 0 Å². The fraction of sp³-hybridized carbons (Fsp3) is 0.600. The van der Waals surface area contributed by atoms with Gasteiger partial charge in [-0.3, -0.25) is 0 Å². The summed E-state index contributed by atoms with van der Waals surface area (Å²) in [7, 11) is 0. The lowest BCUT2D eigenvalue weighted by Crippen LogP contribution is -2.41. The molecule has 18 heavy (non-hydrogen) atoms. The van der Waals surface area contributed by atoms with Gasteiger partial charge < -0.3 is 10.1 Å². The second-order valence-corrected chi connectivity index (χ2v) is 5.81. The van der Waals surface area contributed by atoms with Crippen LogP contribution in [0, 0.1) is 5.92 Å². The third-order valence-electron chi connectivity index (χ3n) is 4.38. The van der Waals surface area contributed by atoms with E-state index >= 15 is 0 Å². The van der Waals surface area contributed by atoms with Crippen LogP contribution < -0.4 is 5.32 Å². The summed E-state index contributed by atoms with van der Waals surface area (Å²) in [5.74, 6) is 0.641. The van der Waals surface area contributed by atoms with E-state index in [1.165, 1.54) is 24.8 Å². The Hall–Kier alpha value is -0.570. The van der Waals surface area contributed by atoms with Crippen molar-refractivity contribution in [3.63, 3.8) is 0 Å². The van der Waals surface area contributed by atoms with E-state index in [4.69, 9.17) is 16.3 Å². The molecule has 0 aliphatic carbocycles. The zero-order valence-electron chi connectivity index (χ0n) is 10.6. The Kier molecular flexibility index (Phi) is 3.60. The van der Waals surface area contributed by atoms with Crippen molar-refractivity contribution in [2.45, 2.75) is 31.3 Å². The first-order chi connectivity index (χ1) is 8.81. The lowest BCUT2D eigenvalue weighted by molar-refractivity contribution is -0.0592. The van der Waals surface area contributed by atoms with E-state index in [-0.39, 0.29) is 5.60 Å². The van der Waals surface area contributed by atoms with Crippen LogP contribution in [0.1, 0.15) is 31.2 Å². The molecule has 1 N–H and O–H groups in total. The van der Waals surface area contributed by atoms with Gasteiger partial charge in [0.05, 0.1) is 5.60 Å². The molecule has 2 saturated heterocycles. The molecule has 2 nitrogen and oxygen atoms in total. The van der Waals surface area contributed by atoms with Crippen molar-refractivity contribution < 1.29 is 4.74 Å². The van der Waals surface area contributed by atoms with Crippen molar-refractivity contribution in [2.24, 2.45) is 5.92 Å². The molecule has 2 aliphatic heterocycles. The second-order valence-electron chi connectivity index (χ2n) is 5.37. The highest BCUT2D eigenvalue weighted by Crippen LogP contribution is 2.46. The van der Waals surface area contributed by atoms with E-state index in [1.807, 2.05) is 12.1 Å². The van der Waals surface area contributed by atoms with Crippen molar-refractivity contribution >= 4 is 11.6 Å². The summed E-state index contributed by atoms with van der Waals surface area (Å²) in [6.45, 7) is 3.12. The number of benzene rings is 1. The molecule has 0 saturated carbocycles. The average Bonchev–Trinajstić information content (AvgIpc) is 2.91. The molecule has 3 heteroatoms. The predicted octanol–water partition coefficient (Wildman–Crippen LogP) is 3.35. The van der Waals surface area contributed by atoms with E-state index in [9.17, 15) is 0 Å². The van der Waals surface area contributed by atoms with Gasteiger partial charge >= 0.3 is 0 Å². The number of nitrogens with one attached hydrogen (secondary N) is 1. The highest BCUT2D eigenvalue weighted by molar-refractivity contribution is 6.30. The van der Waals surface area contributed by atoms with Crippen LogP contribution >= 0.6 is 11.6 Å². The molecule has 0 bridgehead atoms. The number of hydrogen-bond acceptors (Lipinski definition) is 2. The van der Waals surface area contributed by atoms with Gasteiger partial charge in [0.15, 0.2) is 0 Å². The van der Waals surface area contributed by atoms with Crippen molar-refractivity contribution in [1.82, 2.24) is 5.32 Å². The van der Waals surface area contributed by atoms with Gasteiger partial charge in [0.2, 0.25) is 0 Å². The minimum absolute atomic E-state index is 0.0489. The Bertz CT molecular complexity index is 391. The number of ether oxygens (including phenoxy) is 1. The van der Waals surface area contributed by atoms with Gasteiger partial charge in [-0.1, -0.05) is 23.7 Å². The lowest BCUT2D eigenvalue weighted by atomic mass is 9.75. The molecule has 3 rings (SSSR count). The lowest BCUT2D eigenvalue weighted by Gasteiger charge is -2.39. The molecule has 0 amide bonds. The van der Waals surface area contributed by atoms with Gasteiger partial charge in [0, 0.05) is 11.6 Å². The van der Waals surface area contributed by atoms with Gasteiger partial charge in [-0.25, -0.2) is 0 Å². The number of rotatable bonds is 2. The van der Waals surface area contributed by atoms with Crippen LogP contribution in [0.25, 0.3) is 0 Å². The first-order valence-corrected chi connectivity index (χ1v) is 7.30. The quantitative estimate of drug-likeness (QED) is 0.886. The van der Waals surface area contributed by atoms with E-state index in [2.05, 4.69) is 17.4 Å². The molecular formula is C15H20ClNO. The Morgan fingerprint density at radius 3 is 2.50 bits per heavy atom. The van der Waals surface area contributed by atoms with Crippen LogP contribution in [0.2, 0.25) is 5.02 Å². The molecule has 0 radical (unpaired) electrons. The smallest absolute Gasteiger partial charge is 0.0961 e. The third-order valence-corrected chi connectivity index (χ3v) is 4.64. The van der Waals surface area contributed by atoms with Gasteiger partial charge in [-0.15, -0.1) is 0 Å². The molecule has 0 unspecified atom stereocenters. The number of halogens is 1. The minimum atomic E-state index is -0.0489. The minimum Gasteiger partial charge on any atom is -0.370 e. The fourth-order valence-corrected chi connectivity index (χ4v) is 3.59. The SMILES string of the molecule is Clc1ccc([C@]2(C3CCNCC3)CCCO2)cc1. The summed E-state index contributed by atoms with van der Waals surface area (Å²) in [6.07, 6.45) is 4.75. The van der Waals surface area contributed by atoms with E-state index in [0.717, 1.165) is 31.1 Å². The molecular weight excluding hydrogens is 246 g/mol. The summed E-state index contributed by atoms with van der Waals surface area (Å²) in [6, 6.07) is 8.27. The Balaban J connectivity index is 1.92. The second kappa shape index (κ2) is 5.20. The largest absolute Gasteiger partial charge is 0.370 e. The maximum Gasteiger partial charge on any atom is 0.0961 e. The highest BCUT2D eigenvalue weighted by Gasteiger charge is 2.44. The van der Waals surface area contributed by atoms with Crippen LogP contribution in [0.4, 0.5) is 0 Å². The first-order valence-electron chi connectivity index (χ1n) is 6.92. The topological polar surface area (TPSA) is 21.3 Å². The predicted molar refractivity (Wildman–Crippen MR) is 73.9 cm³/mol. The van der Waals surface area contributed by atoms with Crippen molar-refractivity contribution in [1.29, 1.82) is 0 Å². The summed E-state index contributed by atoms with van der Waals surface area (Å²) in [5, 5.41) is 4.24. The highest BCUT2D eigenvalue weighted by atomic mass is 35.5. The van der Waals surface area contributed by atoms with E-state index in [1.54, 1.807) is 0 Å². The van der Waals surface area contributed by atoms with Crippen LogP contribution in [-0.4, -0.2) is 19.7 Å². The van der Waals surface area contributed by atoms with Crippen molar-refractivity contribution in [2.75, 3.05) is 19.7 Å². The third kappa shape index (κ3) is 2.18. The molecule has 98 valence electrons. The van der Waals surface area contributed by atoms with Crippen LogP contribution in [0.5, 0.6) is 0 Å². The zero-order valence-corrected chi connectivity index (χ0v) is 11.4. The molecule has 2 fully saturated rings. The fourth-order valence-electron chi connectivity index (χ4n) is 3.47. The van der Waals surface area contributed by atoms with Gasteiger partial charge in [0.1, 0.15) is 0 Å². The summed E-state index contributed by atoms with van der Waals surface area (Å²) >= 11 is 6.00. The molecule has 1 aromatic carbocycles. The van der Waals surface area contributed by atoms with E-state index < -0.39 is 0 Å². The maximum absolute atomic E-state index is 6.24. The standard InChI is InChI=1S/C15H20ClNO/c16-14-4-2-12(3-5-14)15(8-1-11-18-15)13-6-9-17-10-7-13/h2-5,13,17H,1,6-11H2/t15-/m0/s1. The summed E-state index contributed by atoms with van der Waals surface area (Å²) in [5.41, 5.74) is 1.27. The summed E-state index contributed by atoms with van der Waals surface area (Å²) in [4.78, 5) is 0. The Labute approximate surface area is 114 Å². The van der Waals surface area contributed by atoms with Crippen LogP contribution in [0.3, 0.4) is 0 Å². The molecule has 1 atom stereocenters. The average molecular weight is 266 g/mol. The first kappa shape index (κ1) is 12.5. The van der Waals surface area contributed by atoms with Crippen LogP contribution in [-0.2, 0) is 10.3 Å². The Morgan fingerprint density at radius 2 is 1.89 bits per heavy atom. The van der Waals surface area contributed by atoms with Crippen LogP contribution in [0.15, 0.2) is 24.3 Å². The summed E-state index contributed by atoms with van der Waals surface area (Å²) < 4.78 is 6.24. The normalized spacial score (nSPS) is 29.6. The Morgan fingerprint density at radius 1 is 1.17 bits per heavy atom.